The number of rotatable bonds is 3. The summed E-state index contributed by atoms with van der Waals surface area (Å²) in [5.74, 6) is -0.286. The molecule has 0 amide bonds. The number of H-pyrrole nitrogens is 1. The normalized spacial score (nSPS) is 10.8. The van der Waals surface area contributed by atoms with Gasteiger partial charge in [0, 0.05) is 0 Å². The number of thioether (sulfide) groups is 1. The van der Waals surface area contributed by atoms with Crippen molar-refractivity contribution in [1.29, 1.82) is 0 Å². The molecule has 0 aliphatic rings. The molecule has 2 aromatic rings. The molecule has 0 bridgehead atoms. The highest BCUT2D eigenvalue weighted by molar-refractivity contribution is 8.00. The van der Waals surface area contributed by atoms with Crippen molar-refractivity contribution in [3.63, 3.8) is 0 Å². The first-order chi connectivity index (χ1) is 7.24. The minimum absolute atomic E-state index is 0.286. The summed E-state index contributed by atoms with van der Waals surface area (Å²) in [6.45, 7) is 2.20. The van der Waals surface area contributed by atoms with Gasteiger partial charge in [0.25, 0.3) is 0 Å². The van der Waals surface area contributed by atoms with E-state index in [1.807, 2.05) is 18.4 Å². The number of hydrogen-bond acceptors (Lipinski definition) is 4. The number of carbonyl (C=O) groups excluding carboxylic acids is 1. The van der Waals surface area contributed by atoms with E-state index in [9.17, 15) is 4.79 Å². The van der Waals surface area contributed by atoms with Gasteiger partial charge in [-0.15, -0.1) is 23.1 Å². The highest BCUT2D eigenvalue weighted by Crippen LogP contribution is 2.31. The number of fused-ring (bicyclic) bond motifs is 1. The monoisotopic (exact) mass is 241 g/mol. The van der Waals surface area contributed by atoms with Crippen molar-refractivity contribution in [1.82, 2.24) is 4.98 Å². The lowest BCUT2D eigenvalue weighted by Gasteiger charge is -1.96. The molecule has 80 valence electrons. The first-order valence-corrected chi connectivity index (χ1v) is 6.62. The van der Waals surface area contributed by atoms with Crippen LogP contribution in [0.2, 0.25) is 0 Å². The summed E-state index contributed by atoms with van der Waals surface area (Å²) < 4.78 is 7.25. The van der Waals surface area contributed by atoms with Crippen LogP contribution in [0.15, 0.2) is 16.3 Å². The number of esters is 1. The molecule has 0 fully saturated rings. The lowest BCUT2D eigenvalue weighted by Crippen LogP contribution is -2.04. The predicted octanol–water partition coefficient (Wildman–Crippen LogP) is 3.13. The highest BCUT2D eigenvalue weighted by atomic mass is 32.2. The first-order valence-electron chi connectivity index (χ1n) is 4.58. The van der Waals surface area contributed by atoms with Gasteiger partial charge in [0.15, 0.2) is 0 Å². The van der Waals surface area contributed by atoms with Gasteiger partial charge in [-0.3, -0.25) is 0 Å². The SMILES string of the molecule is CCOC(=O)c1cc2sc(SC)cc2[nH]1. The molecule has 0 unspecified atom stereocenters. The van der Waals surface area contributed by atoms with Gasteiger partial charge in [-0.25, -0.2) is 4.79 Å². The zero-order valence-corrected chi connectivity index (χ0v) is 10.1. The average Bonchev–Trinajstić information content (AvgIpc) is 2.74. The minimum Gasteiger partial charge on any atom is -0.461 e. The summed E-state index contributed by atoms with van der Waals surface area (Å²) in [5.41, 5.74) is 1.54. The highest BCUT2D eigenvalue weighted by Gasteiger charge is 2.12. The molecule has 2 rings (SSSR count). The van der Waals surface area contributed by atoms with Gasteiger partial charge in [-0.05, 0) is 25.3 Å². The van der Waals surface area contributed by atoms with E-state index >= 15 is 0 Å². The van der Waals surface area contributed by atoms with Crippen LogP contribution in [0.1, 0.15) is 17.4 Å². The molecule has 0 saturated carbocycles. The van der Waals surface area contributed by atoms with Gasteiger partial charge in [0.1, 0.15) is 5.69 Å². The number of aromatic amines is 1. The van der Waals surface area contributed by atoms with Gasteiger partial charge in [-0.2, -0.15) is 0 Å². The third kappa shape index (κ3) is 2.03. The third-order valence-corrected chi connectivity index (χ3v) is 4.13. The van der Waals surface area contributed by atoms with Gasteiger partial charge < -0.3 is 9.72 Å². The number of carbonyl (C=O) groups is 1. The van der Waals surface area contributed by atoms with E-state index in [1.165, 1.54) is 4.21 Å². The van der Waals surface area contributed by atoms with Gasteiger partial charge >= 0.3 is 5.97 Å². The number of nitrogens with one attached hydrogen (secondary N) is 1. The summed E-state index contributed by atoms with van der Waals surface area (Å²) in [6, 6.07) is 3.89. The molecule has 0 radical (unpaired) electrons. The molecular formula is C10H11NO2S2. The standard InChI is InChI=1S/C10H11NO2S2/c1-3-13-10(12)7-4-8-6(11-7)5-9(14-2)15-8/h4-5,11H,3H2,1-2H3. The van der Waals surface area contributed by atoms with Crippen molar-refractivity contribution >= 4 is 39.3 Å². The molecule has 2 heterocycles. The molecule has 0 saturated heterocycles. The quantitative estimate of drug-likeness (QED) is 0.663. The Morgan fingerprint density at radius 3 is 3.00 bits per heavy atom. The summed E-state index contributed by atoms with van der Waals surface area (Å²) in [4.78, 5) is 14.5. The Morgan fingerprint density at radius 1 is 1.60 bits per heavy atom. The van der Waals surface area contributed by atoms with Gasteiger partial charge in [-0.1, -0.05) is 0 Å². The largest absolute Gasteiger partial charge is 0.461 e. The molecule has 3 nitrogen and oxygen atoms in total. The van der Waals surface area contributed by atoms with Crippen LogP contribution in [0.4, 0.5) is 0 Å². The maximum atomic E-state index is 11.4. The predicted molar refractivity (Wildman–Crippen MR) is 63.9 cm³/mol. The Kier molecular flexibility index (Phi) is 3.02. The van der Waals surface area contributed by atoms with E-state index in [0.717, 1.165) is 10.2 Å². The maximum Gasteiger partial charge on any atom is 0.354 e. The summed E-state index contributed by atoms with van der Waals surface area (Å²) in [6.07, 6.45) is 2.04. The van der Waals surface area contributed by atoms with Crippen molar-refractivity contribution in [3.8, 4) is 0 Å². The topological polar surface area (TPSA) is 42.1 Å². The molecule has 0 atom stereocenters. The van der Waals surface area contributed by atoms with Crippen LogP contribution in [0.25, 0.3) is 10.2 Å². The number of aromatic nitrogens is 1. The second kappa shape index (κ2) is 4.28. The summed E-state index contributed by atoms with van der Waals surface area (Å²) >= 11 is 3.38. The van der Waals surface area contributed by atoms with Crippen molar-refractivity contribution in [2.24, 2.45) is 0 Å². The zero-order valence-electron chi connectivity index (χ0n) is 8.49. The fourth-order valence-corrected chi connectivity index (χ4v) is 2.95. The maximum absolute atomic E-state index is 11.4. The third-order valence-electron chi connectivity index (χ3n) is 1.98. The van der Waals surface area contributed by atoms with Crippen LogP contribution >= 0.6 is 23.1 Å². The minimum atomic E-state index is -0.286. The van der Waals surface area contributed by atoms with Crippen molar-refractivity contribution < 1.29 is 9.53 Å². The van der Waals surface area contributed by atoms with E-state index in [-0.39, 0.29) is 5.97 Å². The molecule has 2 aromatic heterocycles. The molecule has 0 aliphatic carbocycles. The van der Waals surface area contributed by atoms with Crippen molar-refractivity contribution in [3.05, 3.63) is 17.8 Å². The van der Waals surface area contributed by atoms with E-state index in [0.29, 0.717) is 12.3 Å². The van der Waals surface area contributed by atoms with Crippen molar-refractivity contribution in [2.75, 3.05) is 12.9 Å². The first kappa shape index (κ1) is 10.6. The number of ether oxygens (including phenoxy) is 1. The number of hydrogen-bond donors (Lipinski definition) is 1. The molecule has 1 N–H and O–H groups in total. The van der Waals surface area contributed by atoms with Crippen LogP contribution in [0.5, 0.6) is 0 Å². The second-order valence-corrected chi connectivity index (χ2v) is 5.14. The molecule has 0 spiro atoms. The Balaban J connectivity index is 2.32. The van der Waals surface area contributed by atoms with Crippen LogP contribution < -0.4 is 0 Å². The molecule has 0 aromatic carbocycles. The van der Waals surface area contributed by atoms with Crippen LogP contribution in [-0.4, -0.2) is 23.8 Å². The summed E-state index contributed by atoms with van der Waals surface area (Å²) in [5, 5.41) is 0. The zero-order chi connectivity index (χ0) is 10.8. The molecule has 0 aliphatic heterocycles. The fraction of sp³-hybridized carbons (Fsp3) is 0.300. The second-order valence-electron chi connectivity index (χ2n) is 2.95. The molecule has 5 heteroatoms. The molecule has 15 heavy (non-hydrogen) atoms. The average molecular weight is 241 g/mol. The number of thiophene rings is 1. The lowest BCUT2D eigenvalue weighted by molar-refractivity contribution is 0.0520. The Labute approximate surface area is 95.8 Å². The Hall–Kier alpha value is -0.940. The van der Waals surface area contributed by atoms with Gasteiger partial charge in [0.2, 0.25) is 0 Å². The van der Waals surface area contributed by atoms with Crippen LogP contribution in [0.3, 0.4) is 0 Å². The van der Waals surface area contributed by atoms with Gasteiger partial charge in [0.05, 0.1) is 21.0 Å². The van der Waals surface area contributed by atoms with Crippen LogP contribution in [0, 0.1) is 0 Å². The fourth-order valence-electron chi connectivity index (χ4n) is 1.32. The Bertz CT molecular complexity index is 455. The summed E-state index contributed by atoms with van der Waals surface area (Å²) in [7, 11) is 0. The van der Waals surface area contributed by atoms with E-state index in [2.05, 4.69) is 4.98 Å². The van der Waals surface area contributed by atoms with Crippen molar-refractivity contribution in [2.45, 2.75) is 11.1 Å². The molecular weight excluding hydrogens is 230 g/mol. The lowest BCUT2D eigenvalue weighted by atomic mass is 10.4. The van der Waals surface area contributed by atoms with E-state index in [4.69, 9.17) is 4.74 Å². The van der Waals surface area contributed by atoms with Crippen LogP contribution in [-0.2, 0) is 4.74 Å². The van der Waals surface area contributed by atoms with E-state index in [1.54, 1.807) is 30.0 Å². The van der Waals surface area contributed by atoms with E-state index < -0.39 is 0 Å². The Morgan fingerprint density at radius 2 is 2.40 bits per heavy atom. The smallest absolute Gasteiger partial charge is 0.354 e.